The molecule has 2 aromatic heterocycles. The van der Waals surface area contributed by atoms with Gasteiger partial charge in [0, 0.05) is 20.2 Å². The van der Waals surface area contributed by atoms with Crippen molar-refractivity contribution in [1.29, 1.82) is 0 Å². The van der Waals surface area contributed by atoms with E-state index in [4.69, 9.17) is 4.74 Å². The fourth-order valence-electron chi connectivity index (χ4n) is 2.46. The van der Waals surface area contributed by atoms with Crippen molar-refractivity contribution in [3.05, 3.63) is 48.4 Å². The van der Waals surface area contributed by atoms with Crippen molar-refractivity contribution in [2.24, 2.45) is 7.05 Å². The second kappa shape index (κ2) is 7.19. The van der Waals surface area contributed by atoms with E-state index in [-0.39, 0.29) is 6.10 Å². The monoisotopic (exact) mass is 311 g/mol. The summed E-state index contributed by atoms with van der Waals surface area (Å²) in [5, 5.41) is 8.48. The van der Waals surface area contributed by atoms with Crippen LogP contribution in [0.1, 0.15) is 25.0 Å². The van der Waals surface area contributed by atoms with E-state index in [1.165, 1.54) is 5.56 Å². The summed E-state index contributed by atoms with van der Waals surface area (Å²) in [6, 6.07) is 10.3. The number of benzene rings is 1. The Bertz CT molecular complexity index is 756. The van der Waals surface area contributed by atoms with Gasteiger partial charge in [-0.1, -0.05) is 30.3 Å². The minimum absolute atomic E-state index is 0.111. The summed E-state index contributed by atoms with van der Waals surface area (Å²) in [7, 11) is 1.87. The molecule has 120 valence electrons. The van der Waals surface area contributed by atoms with Crippen molar-refractivity contribution < 1.29 is 4.74 Å². The Morgan fingerprint density at radius 3 is 2.87 bits per heavy atom. The van der Waals surface area contributed by atoms with Gasteiger partial charge in [-0.05, 0) is 18.9 Å². The highest BCUT2D eigenvalue weighted by molar-refractivity contribution is 5.85. The number of hydrogen-bond donors (Lipinski definition) is 1. The Balaban J connectivity index is 1.46. The minimum atomic E-state index is 0.111. The lowest BCUT2D eigenvalue weighted by Crippen LogP contribution is -2.09. The van der Waals surface area contributed by atoms with Crippen LogP contribution in [0.2, 0.25) is 0 Å². The van der Waals surface area contributed by atoms with Gasteiger partial charge in [0.15, 0.2) is 5.65 Å². The van der Waals surface area contributed by atoms with Gasteiger partial charge in [-0.15, -0.1) is 0 Å². The summed E-state index contributed by atoms with van der Waals surface area (Å²) in [5.74, 6) is 0.819. The maximum Gasteiger partial charge on any atom is 0.163 e. The topological polar surface area (TPSA) is 64.9 Å². The van der Waals surface area contributed by atoms with E-state index >= 15 is 0 Å². The number of fused-ring (bicyclic) bond motifs is 1. The van der Waals surface area contributed by atoms with E-state index in [0.717, 1.165) is 29.8 Å². The minimum Gasteiger partial charge on any atom is -0.374 e. The van der Waals surface area contributed by atoms with Crippen LogP contribution >= 0.6 is 0 Å². The van der Waals surface area contributed by atoms with Crippen molar-refractivity contribution in [2.75, 3.05) is 18.5 Å². The molecule has 0 fully saturated rings. The maximum atomic E-state index is 5.87. The van der Waals surface area contributed by atoms with Crippen LogP contribution in [0.5, 0.6) is 0 Å². The number of ether oxygens (including phenoxy) is 1. The van der Waals surface area contributed by atoms with Crippen LogP contribution in [0.4, 0.5) is 5.82 Å². The predicted molar refractivity (Wildman–Crippen MR) is 90.2 cm³/mol. The molecule has 1 N–H and O–H groups in total. The van der Waals surface area contributed by atoms with Crippen LogP contribution < -0.4 is 5.32 Å². The highest BCUT2D eigenvalue weighted by atomic mass is 16.5. The van der Waals surface area contributed by atoms with Crippen LogP contribution in [0.25, 0.3) is 11.0 Å². The smallest absolute Gasteiger partial charge is 0.163 e. The lowest BCUT2D eigenvalue weighted by Gasteiger charge is -2.13. The fraction of sp³-hybridized carbons (Fsp3) is 0.353. The molecule has 6 heteroatoms. The van der Waals surface area contributed by atoms with Gasteiger partial charge in [0.25, 0.3) is 0 Å². The molecule has 1 aromatic carbocycles. The molecular weight excluding hydrogens is 290 g/mol. The average Bonchev–Trinajstić information content (AvgIpc) is 2.97. The van der Waals surface area contributed by atoms with Crippen LogP contribution in [0.15, 0.2) is 42.9 Å². The molecule has 3 rings (SSSR count). The van der Waals surface area contributed by atoms with Gasteiger partial charge in [-0.2, -0.15) is 5.10 Å². The molecule has 0 bridgehead atoms. The lowest BCUT2D eigenvalue weighted by molar-refractivity contribution is 0.0656. The molecular formula is C17H21N5O. The standard InChI is InChI=1S/C17H21N5O/c1-13(14-7-4-3-5-8-14)23-10-6-9-18-16-15-11-21-22(2)17(15)20-12-19-16/h3-5,7-8,11-13H,6,9-10H2,1-2H3,(H,18,19,20). The quantitative estimate of drug-likeness (QED) is 0.680. The second-order valence-electron chi connectivity index (χ2n) is 5.43. The molecule has 0 amide bonds. The van der Waals surface area contributed by atoms with Gasteiger partial charge < -0.3 is 10.1 Å². The largest absolute Gasteiger partial charge is 0.374 e. The molecule has 0 aliphatic heterocycles. The van der Waals surface area contributed by atoms with Crippen LogP contribution in [0.3, 0.4) is 0 Å². The molecule has 23 heavy (non-hydrogen) atoms. The van der Waals surface area contributed by atoms with Crippen molar-refractivity contribution >= 4 is 16.9 Å². The Morgan fingerprint density at radius 1 is 1.22 bits per heavy atom. The highest BCUT2D eigenvalue weighted by Gasteiger charge is 2.07. The first-order valence-electron chi connectivity index (χ1n) is 7.79. The van der Waals surface area contributed by atoms with Gasteiger partial charge in [-0.3, -0.25) is 4.68 Å². The summed E-state index contributed by atoms with van der Waals surface area (Å²) in [6.45, 7) is 3.57. The van der Waals surface area contributed by atoms with Gasteiger partial charge >= 0.3 is 0 Å². The molecule has 0 spiro atoms. The van der Waals surface area contributed by atoms with Crippen LogP contribution in [-0.2, 0) is 11.8 Å². The number of nitrogens with one attached hydrogen (secondary N) is 1. The molecule has 0 radical (unpaired) electrons. The molecule has 1 atom stereocenters. The fourth-order valence-corrected chi connectivity index (χ4v) is 2.46. The average molecular weight is 311 g/mol. The van der Waals surface area contributed by atoms with Gasteiger partial charge in [0.1, 0.15) is 12.1 Å². The Morgan fingerprint density at radius 2 is 2.04 bits per heavy atom. The highest BCUT2D eigenvalue weighted by Crippen LogP contribution is 2.18. The third kappa shape index (κ3) is 3.65. The van der Waals surface area contributed by atoms with Crippen LogP contribution in [-0.4, -0.2) is 32.9 Å². The maximum absolute atomic E-state index is 5.87. The number of nitrogens with zero attached hydrogens (tertiary/aromatic N) is 4. The molecule has 0 saturated heterocycles. The van der Waals surface area contributed by atoms with E-state index in [1.54, 1.807) is 17.2 Å². The predicted octanol–water partition coefficient (Wildman–Crippen LogP) is 2.94. The van der Waals surface area contributed by atoms with Crippen molar-refractivity contribution in [1.82, 2.24) is 19.7 Å². The van der Waals surface area contributed by atoms with Crippen LogP contribution in [0, 0.1) is 0 Å². The molecule has 0 saturated carbocycles. The normalized spacial score (nSPS) is 12.4. The summed E-state index contributed by atoms with van der Waals surface area (Å²) >= 11 is 0. The van der Waals surface area contributed by atoms with Crippen molar-refractivity contribution in [3.63, 3.8) is 0 Å². The van der Waals surface area contributed by atoms with Crippen molar-refractivity contribution in [2.45, 2.75) is 19.4 Å². The lowest BCUT2D eigenvalue weighted by atomic mass is 10.1. The Labute approximate surface area is 135 Å². The summed E-state index contributed by atoms with van der Waals surface area (Å²) in [6.07, 6.45) is 4.36. The molecule has 6 nitrogen and oxygen atoms in total. The number of anilines is 1. The number of hydrogen-bond acceptors (Lipinski definition) is 5. The van der Waals surface area contributed by atoms with E-state index < -0.39 is 0 Å². The van der Waals surface area contributed by atoms with Gasteiger partial charge in [0.05, 0.1) is 17.7 Å². The molecule has 1 unspecified atom stereocenters. The zero-order valence-corrected chi connectivity index (χ0v) is 13.4. The molecule has 2 heterocycles. The van der Waals surface area contributed by atoms with Gasteiger partial charge in [-0.25, -0.2) is 9.97 Å². The van der Waals surface area contributed by atoms with E-state index in [9.17, 15) is 0 Å². The van der Waals surface area contributed by atoms with E-state index in [0.29, 0.717) is 6.61 Å². The van der Waals surface area contributed by atoms with E-state index in [1.807, 2.05) is 25.2 Å². The number of rotatable bonds is 7. The SMILES string of the molecule is CC(OCCCNc1ncnc2c1cnn2C)c1ccccc1. The zero-order chi connectivity index (χ0) is 16.1. The number of aryl methyl sites for hydroxylation is 1. The first kappa shape index (κ1) is 15.4. The summed E-state index contributed by atoms with van der Waals surface area (Å²) in [5.41, 5.74) is 2.03. The third-order valence-corrected chi connectivity index (χ3v) is 3.78. The third-order valence-electron chi connectivity index (χ3n) is 3.78. The van der Waals surface area contributed by atoms with E-state index in [2.05, 4.69) is 39.4 Å². The Hall–Kier alpha value is -2.47. The summed E-state index contributed by atoms with van der Waals surface area (Å²) in [4.78, 5) is 8.51. The van der Waals surface area contributed by atoms with Crippen molar-refractivity contribution in [3.8, 4) is 0 Å². The first-order chi connectivity index (χ1) is 11.3. The second-order valence-corrected chi connectivity index (χ2v) is 5.43. The number of aromatic nitrogens is 4. The first-order valence-corrected chi connectivity index (χ1v) is 7.79. The molecule has 3 aromatic rings. The summed E-state index contributed by atoms with van der Waals surface area (Å²) < 4.78 is 7.61. The molecule has 0 aliphatic carbocycles. The zero-order valence-electron chi connectivity index (χ0n) is 13.4. The van der Waals surface area contributed by atoms with Gasteiger partial charge in [0.2, 0.25) is 0 Å². The molecule has 0 aliphatic rings. The Kier molecular flexibility index (Phi) is 4.83.